The van der Waals surface area contributed by atoms with E-state index in [9.17, 15) is 0 Å². The summed E-state index contributed by atoms with van der Waals surface area (Å²) in [7, 11) is 2.13. The smallest absolute Gasteiger partial charge is 0.160 e. The highest BCUT2D eigenvalue weighted by Gasteiger charge is 2.07. The molecule has 0 atom stereocenters. The van der Waals surface area contributed by atoms with Gasteiger partial charge in [0.1, 0.15) is 0 Å². The third-order valence-corrected chi connectivity index (χ3v) is 3.64. The fourth-order valence-corrected chi connectivity index (χ4v) is 2.52. The van der Waals surface area contributed by atoms with E-state index in [1.807, 2.05) is 28.8 Å². The first-order valence-electron chi connectivity index (χ1n) is 7.34. The van der Waals surface area contributed by atoms with Gasteiger partial charge in [0.05, 0.1) is 6.54 Å². The molecule has 1 aromatic carbocycles. The Bertz CT molecular complexity index is 690. The van der Waals surface area contributed by atoms with Gasteiger partial charge in [0.25, 0.3) is 0 Å². The summed E-state index contributed by atoms with van der Waals surface area (Å²) in [5, 5.41) is 8.46. The SMILES string of the molecule is CN(CCCc1ccccc1)Cc1nnc2ccccn12. The van der Waals surface area contributed by atoms with Crippen molar-refractivity contribution in [1.82, 2.24) is 19.5 Å². The number of aromatic nitrogens is 3. The Morgan fingerprint density at radius 2 is 1.81 bits per heavy atom. The number of fused-ring (bicyclic) bond motifs is 1. The molecule has 2 heterocycles. The molecule has 4 heteroatoms. The van der Waals surface area contributed by atoms with Crippen LogP contribution in [0.25, 0.3) is 5.65 Å². The predicted octanol–water partition coefficient (Wildman–Crippen LogP) is 2.79. The van der Waals surface area contributed by atoms with Crippen molar-refractivity contribution in [3.05, 3.63) is 66.1 Å². The predicted molar refractivity (Wildman–Crippen MR) is 84.1 cm³/mol. The summed E-state index contributed by atoms with van der Waals surface area (Å²) in [6.45, 7) is 1.87. The van der Waals surface area contributed by atoms with Crippen LogP contribution in [0.3, 0.4) is 0 Å². The Labute approximate surface area is 125 Å². The Morgan fingerprint density at radius 1 is 1.00 bits per heavy atom. The zero-order valence-corrected chi connectivity index (χ0v) is 12.3. The average Bonchev–Trinajstić information content (AvgIpc) is 2.92. The van der Waals surface area contributed by atoms with Crippen molar-refractivity contribution in [3.63, 3.8) is 0 Å². The van der Waals surface area contributed by atoms with E-state index in [0.717, 1.165) is 37.4 Å². The van der Waals surface area contributed by atoms with Crippen LogP contribution in [-0.4, -0.2) is 33.1 Å². The summed E-state index contributed by atoms with van der Waals surface area (Å²) in [6.07, 6.45) is 4.28. The number of hydrogen-bond acceptors (Lipinski definition) is 3. The molecule has 108 valence electrons. The molecule has 0 saturated carbocycles. The summed E-state index contributed by atoms with van der Waals surface area (Å²) < 4.78 is 2.05. The van der Waals surface area contributed by atoms with Gasteiger partial charge in [-0.1, -0.05) is 36.4 Å². The second-order valence-corrected chi connectivity index (χ2v) is 5.37. The first-order chi connectivity index (χ1) is 10.3. The molecule has 0 unspecified atom stereocenters. The largest absolute Gasteiger partial charge is 0.299 e. The Kier molecular flexibility index (Phi) is 4.26. The van der Waals surface area contributed by atoms with Gasteiger partial charge in [-0.2, -0.15) is 0 Å². The molecule has 0 aliphatic carbocycles. The van der Waals surface area contributed by atoms with Gasteiger partial charge in [-0.25, -0.2) is 0 Å². The molecule has 0 spiro atoms. The van der Waals surface area contributed by atoms with Crippen LogP contribution >= 0.6 is 0 Å². The van der Waals surface area contributed by atoms with Crippen LogP contribution < -0.4 is 0 Å². The maximum atomic E-state index is 4.27. The minimum Gasteiger partial charge on any atom is -0.299 e. The van der Waals surface area contributed by atoms with Crippen LogP contribution in [0.1, 0.15) is 17.8 Å². The molecule has 0 aliphatic heterocycles. The van der Waals surface area contributed by atoms with Crippen LogP contribution in [0.4, 0.5) is 0 Å². The average molecular weight is 280 g/mol. The molecule has 3 aromatic rings. The van der Waals surface area contributed by atoms with E-state index in [0.29, 0.717) is 0 Å². The second-order valence-electron chi connectivity index (χ2n) is 5.37. The summed E-state index contributed by atoms with van der Waals surface area (Å²) in [5.41, 5.74) is 2.31. The van der Waals surface area contributed by atoms with Gasteiger partial charge in [0, 0.05) is 6.20 Å². The van der Waals surface area contributed by atoms with Gasteiger partial charge in [0.2, 0.25) is 0 Å². The molecule has 0 saturated heterocycles. The van der Waals surface area contributed by atoms with Gasteiger partial charge in [-0.3, -0.25) is 9.30 Å². The van der Waals surface area contributed by atoms with Crippen molar-refractivity contribution in [1.29, 1.82) is 0 Å². The maximum Gasteiger partial charge on any atom is 0.160 e. The Morgan fingerprint density at radius 3 is 2.67 bits per heavy atom. The molecular formula is C17H20N4. The highest BCUT2D eigenvalue weighted by atomic mass is 15.3. The number of hydrogen-bond donors (Lipinski definition) is 0. The number of benzene rings is 1. The fraction of sp³-hybridized carbons (Fsp3) is 0.294. The summed E-state index contributed by atoms with van der Waals surface area (Å²) >= 11 is 0. The van der Waals surface area contributed by atoms with Crippen LogP contribution in [-0.2, 0) is 13.0 Å². The number of pyridine rings is 1. The van der Waals surface area contributed by atoms with Crippen molar-refractivity contribution >= 4 is 5.65 Å². The molecule has 0 amide bonds. The van der Waals surface area contributed by atoms with E-state index in [-0.39, 0.29) is 0 Å². The van der Waals surface area contributed by atoms with E-state index in [4.69, 9.17) is 0 Å². The molecule has 0 N–H and O–H groups in total. The highest BCUT2D eigenvalue weighted by Crippen LogP contribution is 2.07. The lowest BCUT2D eigenvalue weighted by atomic mass is 10.1. The molecule has 0 radical (unpaired) electrons. The summed E-state index contributed by atoms with van der Waals surface area (Å²) in [6, 6.07) is 16.6. The van der Waals surface area contributed by atoms with Crippen molar-refractivity contribution in [3.8, 4) is 0 Å². The van der Waals surface area contributed by atoms with Crippen molar-refractivity contribution in [2.24, 2.45) is 0 Å². The van der Waals surface area contributed by atoms with E-state index >= 15 is 0 Å². The minimum atomic E-state index is 0.819. The monoisotopic (exact) mass is 280 g/mol. The quantitative estimate of drug-likeness (QED) is 0.696. The van der Waals surface area contributed by atoms with Crippen LogP contribution in [0.2, 0.25) is 0 Å². The van der Waals surface area contributed by atoms with Crippen molar-refractivity contribution < 1.29 is 0 Å². The standard InChI is InChI=1S/C17H20N4/c1-20(12-7-10-15-8-3-2-4-9-15)14-17-19-18-16-11-5-6-13-21(16)17/h2-6,8-9,11,13H,7,10,12,14H2,1H3. The molecule has 0 bridgehead atoms. The molecule has 21 heavy (non-hydrogen) atoms. The zero-order valence-electron chi connectivity index (χ0n) is 12.3. The van der Waals surface area contributed by atoms with Crippen LogP contribution in [0, 0.1) is 0 Å². The molecule has 4 nitrogen and oxygen atoms in total. The number of rotatable bonds is 6. The lowest BCUT2D eigenvalue weighted by molar-refractivity contribution is 0.313. The fourth-order valence-electron chi connectivity index (χ4n) is 2.52. The first-order valence-corrected chi connectivity index (χ1v) is 7.34. The number of nitrogens with zero attached hydrogens (tertiary/aromatic N) is 4. The van der Waals surface area contributed by atoms with E-state index in [1.165, 1.54) is 5.56 Å². The van der Waals surface area contributed by atoms with E-state index in [1.54, 1.807) is 0 Å². The molecule has 0 aliphatic rings. The molecule has 3 rings (SSSR count). The lowest BCUT2D eigenvalue weighted by Gasteiger charge is -2.15. The van der Waals surface area contributed by atoms with Gasteiger partial charge < -0.3 is 0 Å². The summed E-state index contributed by atoms with van der Waals surface area (Å²) in [4.78, 5) is 2.30. The van der Waals surface area contributed by atoms with Gasteiger partial charge in [-0.15, -0.1) is 10.2 Å². The Balaban J connectivity index is 1.53. The zero-order chi connectivity index (χ0) is 14.5. The third kappa shape index (κ3) is 3.47. The molecule has 0 fully saturated rings. The third-order valence-electron chi connectivity index (χ3n) is 3.64. The van der Waals surface area contributed by atoms with Crippen molar-refractivity contribution in [2.45, 2.75) is 19.4 Å². The van der Waals surface area contributed by atoms with Gasteiger partial charge >= 0.3 is 0 Å². The lowest BCUT2D eigenvalue weighted by Crippen LogP contribution is -2.21. The second kappa shape index (κ2) is 6.50. The van der Waals surface area contributed by atoms with Gasteiger partial charge in [0.15, 0.2) is 11.5 Å². The maximum absolute atomic E-state index is 4.27. The highest BCUT2D eigenvalue weighted by molar-refractivity contribution is 5.36. The van der Waals surface area contributed by atoms with E-state index < -0.39 is 0 Å². The van der Waals surface area contributed by atoms with E-state index in [2.05, 4.69) is 52.5 Å². The molecule has 2 aromatic heterocycles. The van der Waals surface area contributed by atoms with Crippen LogP contribution in [0.5, 0.6) is 0 Å². The van der Waals surface area contributed by atoms with Gasteiger partial charge in [-0.05, 0) is 44.1 Å². The molecular weight excluding hydrogens is 260 g/mol. The topological polar surface area (TPSA) is 33.4 Å². The normalized spacial score (nSPS) is 11.3. The number of aryl methyl sites for hydroxylation is 1. The van der Waals surface area contributed by atoms with Crippen LogP contribution in [0.15, 0.2) is 54.7 Å². The summed E-state index contributed by atoms with van der Waals surface area (Å²) in [5.74, 6) is 0.993. The van der Waals surface area contributed by atoms with Crippen molar-refractivity contribution in [2.75, 3.05) is 13.6 Å². The first kappa shape index (κ1) is 13.8. The Hall–Kier alpha value is -2.20. The minimum absolute atomic E-state index is 0.819.